The molecule has 1 aliphatic rings. The Morgan fingerprint density at radius 1 is 1.19 bits per heavy atom. The predicted octanol–water partition coefficient (Wildman–Crippen LogP) is 3.53. The van der Waals surface area contributed by atoms with Crippen LogP contribution in [-0.4, -0.2) is 31.2 Å². The van der Waals surface area contributed by atoms with Gasteiger partial charge in [-0.1, -0.05) is 18.2 Å². The molecule has 5 nitrogen and oxygen atoms in total. The Bertz CT molecular complexity index is 969. The summed E-state index contributed by atoms with van der Waals surface area (Å²) in [5.74, 6) is -0.492. The molecule has 9 heteroatoms. The standard InChI is InChI=1S/C17H15F3N2O3S/c1-11-14(21-7-6-15(11)25-10-17(18,19)20)9-26(23,24)16-8-12-4-2-3-5-13(12)22-16/h2-7H,8-10H2,1H3. The monoisotopic (exact) mass is 384 g/mol. The summed E-state index contributed by atoms with van der Waals surface area (Å²) in [5.41, 5.74) is 1.83. The van der Waals surface area contributed by atoms with E-state index >= 15 is 0 Å². The van der Waals surface area contributed by atoms with E-state index in [9.17, 15) is 21.6 Å². The van der Waals surface area contributed by atoms with Crippen LogP contribution < -0.4 is 4.74 Å². The zero-order valence-corrected chi connectivity index (χ0v) is 14.6. The van der Waals surface area contributed by atoms with E-state index in [2.05, 4.69) is 9.98 Å². The number of ether oxygens (including phenoxy) is 1. The number of aliphatic imine (C=N–C) groups is 1. The molecule has 0 bridgehead atoms. The van der Waals surface area contributed by atoms with E-state index in [0.717, 1.165) is 5.56 Å². The molecular weight excluding hydrogens is 369 g/mol. The van der Waals surface area contributed by atoms with Gasteiger partial charge in [-0.05, 0) is 24.6 Å². The van der Waals surface area contributed by atoms with Crippen molar-refractivity contribution in [3.63, 3.8) is 0 Å². The molecule has 0 radical (unpaired) electrons. The summed E-state index contributed by atoms with van der Waals surface area (Å²) in [6.07, 6.45) is -3.05. The lowest BCUT2D eigenvalue weighted by Crippen LogP contribution is -2.21. The van der Waals surface area contributed by atoms with E-state index in [1.54, 1.807) is 24.3 Å². The highest BCUT2D eigenvalue weighted by Crippen LogP contribution is 2.30. The number of benzene rings is 1. The number of rotatable bonds is 4. The second-order valence-corrected chi connectivity index (χ2v) is 7.84. The van der Waals surface area contributed by atoms with Gasteiger partial charge in [-0.15, -0.1) is 0 Å². The van der Waals surface area contributed by atoms with Crippen molar-refractivity contribution in [2.24, 2.45) is 4.99 Å². The third-order valence-corrected chi connectivity index (χ3v) is 5.52. The van der Waals surface area contributed by atoms with Crippen LogP contribution in [0.5, 0.6) is 5.75 Å². The minimum Gasteiger partial charge on any atom is -0.484 e. The van der Waals surface area contributed by atoms with E-state index in [1.807, 2.05) is 0 Å². The average Bonchev–Trinajstić information content (AvgIpc) is 3.00. The fourth-order valence-corrected chi connectivity index (χ4v) is 4.00. The molecule has 0 saturated heterocycles. The summed E-state index contributed by atoms with van der Waals surface area (Å²) in [4.78, 5) is 8.15. The molecule has 0 fully saturated rings. The molecule has 2 heterocycles. The fourth-order valence-electron chi connectivity index (χ4n) is 2.57. The summed E-state index contributed by atoms with van der Waals surface area (Å²) in [7, 11) is -3.75. The van der Waals surface area contributed by atoms with Crippen LogP contribution in [-0.2, 0) is 22.0 Å². The van der Waals surface area contributed by atoms with Crippen molar-refractivity contribution >= 4 is 20.6 Å². The predicted molar refractivity (Wildman–Crippen MR) is 90.4 cm³/mol. The minimum atomic E-state index is -4.48. The van der Waals surface area contributed by atoms with Crippen LogP contribution in [0.2, 0.25) is 0 Å². The molecule has 0 atom stereocenters. The van der Waals surface area contributed by atoms with E-state index in [1.165, 1.54) is 19.2 Å². The number of para-hydroxylation sites is 1. The average molecular weight is 384 g/mol. The Morgan fingerprint density at radius 2 is 1.92 bits per heavy atom. The molecule has 2 aromatic rings. The number of halogens is 3. The Balaban J connectivity index is 1.81. The molecule has 138 valence electrons. The number of nitrogens with zero attached hydrogens (tertiary/aromatic N) is 2. The number of hydrogen-bond donors (Lipinski definition) is 0. The van der Waals surface area contributed by atoms with Gasteiger partial charge >= 0.3 is 6.18 Å². The first-order valence-electron chi connectivity index (χ1n) is 7.68. The maximum Gasteiger partial charge on any atom is 0.422 e. The Kier molecular flexibility index (Phi) is 4.74. The fraction of sp³-hybridized carbons (Fsp3) is 0.294. The highest BCUT2D eigenvalue weighted by molar-refractivity contribution is 8.05. The van der Waals surface area contributed by atoms with Crippen LogP contribution in [0.15, 0.2) is 41.5 Å². The normalized spacial score (nSPS) is 14.1. The molecule has 0 spiro atoms. The number of alkyl halides is 3. The molecule has 1 aromatic carbocycles. The largest absolute Gasteiger partial charge is 0.484 e. The number of hydrogen-bond acceptors (Lipinski definition) is 5. The van der Waals surface area contributed by atoms with Gasteiger partial charge in [-0.2, -0.15) is 13.2 Å². The third kappa shape index (κ3) is 4.04. The maximum atomic E-state index is 12.7. The molecule has 1 aromatic heterocycles. The summed E-state index contributed by atoms with van der Waals surface area (Å²) in [5, 5.41) is 0.0292. The van der Waals surface area contributed by atoms with Crippen LogP contribution in [0, 0.1) is 6.92 Å². The van der Waals surface area contributed by atoms with Crippen molar-refractivity contribution in [3.8, 4) is 5.75 Å². The van der Waals surface area contributed by atoms with Gasteiger partial charge in [0.05, 0.1) is 17.1 Å². The highest BCUT2D eigenvalue weighted by Gasteiger charge is 2.30. The van der Waals surface area contributed by atoms with Gasteiger partial charge in [-0.3, -0.25) is 4.98 Å². The molecule has 0 unspecified atom stereocenters. The molecule has 3 rings (SSSR count). The van der Waals surface area contributed by atoms with Gasteiger partial charge < -0.3 is 4.74 Å². The van der Waals surface area contributed by atoms with Crippen molar-refractivity contribution in [1.29, 1.82) is 0 Å². The quantitative estimate of drug-likeness (QED) is 0.809. The van der Waals surface area contributed by atoms with Gasteiger partial charge in [0.25, 0.3) is 0 Å². The minimum absolute atomic E-state index is 0.0292. The van der Waals surface area contributed by atoms with Gasteiger partial charge in [0, 0.05) is 18.2 Å². The van der Waals surface area contributed by atoms with E-state index in [4.69, 9.17) is 4.74 Å². The number of sulfone groups is 1. The summed E-state index contributed by atoms with van der Waals surface area (Å²) in [6.45, 7) is 0.0286. The van der Waals surface area contributed by atoms with E-state index in [0.29, 0.717) is 5.69 Å². The highest BCUT2D eigenvalue weighted by atomic mass is 32.2. The molecule has 0 amide bonds. The number of pyridine rings is 1. The first kappa shape index (κ1) is 18.4. The molecular formula is C17H15F3N2O3S. The number of aromatic nitrogens is 1. The number of fused-ring (bicyclic) bond motifs is 1. The second kappa shape index (κ2) is 6.71. The van der Waals surface area contributed by atoms with Gasteiger partial charge in [0.1, 0.15) is 10.8 Å². The van der Waals surface area contributed by atoms with Crippen LogP contribution in [0.3, 0.4) is 0 Å². The zero-order chi connectivity index (χ0) is 18.9. The van der Waals surface area contributed by atoms with Gasteiger partial charge in [-0.25, -0.2) is 13.4 Å². The van der Waals surface area contributed by atoms with E-state index < -0.39 is 28.4 Å². The van der Waals surface area contributed by atoms with E-state index in [-0.39, 0.29) is 28.5 Å². The second-order valence-electron chi connectivity index (χ2n) is 5.85. The summed E-state index contributed by atoms with van der Waals surface area (Å²) < 4.78 is 67.0. The SMILES string of the molecule is Cc1c(OCC(F)(F)F)ccnc1CS(=O)(=O)C1=Nc2ccccc2C1. The Labute approximate surface area is 148 Å². The molecule has 0 aliphatic carbocycles. The van der Waals surface area contributed by atoms with Crippen LogP contribution in [0.25, 0.3) is 0 Å². The lowest BCUT2D eigenvalue weighted by atomic mass is 10.2. The van der Waals surface area contributed by atoms with Crippen LogP contribution in [0.1, 0.15) is 16.8 Å². The van der Waals surface area contributed by atoms with Gasteiger partial charge in [0.15, 0.2) is 16.4 Å². The molecule has 1 aliphatic heterocycles. The Morgan fingerprint density at radius 3 is 2.62 bits per heavy atom. The summed E-state index contributed by atoms with van der Waals surface area (Å²) in [6, 6.07) is 8.38. The van der Waals surface area contributed by atoms with Crippen LogP contribution >= 0.6 is 0 Å². The molecule has 0 saturated carbocycles. The first-order chi connectivity index (χ1) is 12.2. The van der Waals surface area contributed by atoms with Crippen molar-refractivity contribution in [2.75, 3.05) is 6.61 Å². The lowest BCUT2D eigenvalue weighted by molar-refractivity contribution is -0.153. The molecule has 0 N–H and O–H groups in total. The lowest BCUT2D eigenvalue weighted by Gasteiger charge is -2.13. The zero-order valence-electron chi connectivity index (χ0n) is 13.7. The topological polar surface area (TPSA) is 68.6 Å². The Hall–Kier alpha value is -2.42. The smallest absolute Gasteiger partial charge is 0.422 e. The van der Waals surface area contributed by atoms with Crippen molar-refractivity contribution in [2.45, 2.75) is 25.3 Å². The van der Waals surface area contributed by atoms with Crippen molar-refractivity contribution < 1.29 is 26.3 Å². The third-order valence-electron chi connectivity index (χ3n) is 3.91. The summed E-state index contributed by atoms with van der Waals surface area (Å²) >= 11 is 0. The van der Waals surface area contributed by atoms with Crippen LogP contribution in [0.4, 0.5) is 18.9 Å². The molecule has 26 heavy (non-hydrogen) atoms. The van der Waals surface area contributed by atoms with Gasteiger partial charge in [0.2, 0.25) is 0 Å². The maximum absolute atomic E-state index is 12.7. The first-order valence-corrected chi connectivity index (χ1v) is 9.33. The van der Waals surface area contributed by atoms with Crippen molar-refractivity contribution in [3.05, 3.63) is 53.3 Å². The van der Waals surface area contributed by atoms with Crippen molar-refractivity contribution in [1.82, 2.24) is 4.98 Å².